The van der Waals surface area contributed by atoms with Crippen LogP contribution < -0.4 is 16.7 Å². The number of para-hydroxylation sites is 1. The maximum atomic E-state index is 11.5. The van der Waals surface area contributed by atoms with Gasteiger partial charge in [0.25, 0.3) is 0 Å². The summed E-state index contributed by atoms with van der Waals surface area (Å²) in [5.41, 5.74) is 0.352. The number of hydrazone groups is 1. The van der Waals surface area contributed by atoms with Crippen molar-refractivity contribution in [3.05, 3.63) is 42.5 Å². The van der Waals surface area contributed by atoms with Crippen molar-refractivity contribution in [2.45, 2.75) is 39.2 Å². The minimum absolute atomic E-state index is 0.323. The van der Waals surface area contributed by atoms with E-state index in [1.807, 2.05) is 57.2 Å². The van der Waals surface area contributed by atoms with Crippen LogP contribution in [0.15, 0.2) is 47.6 Å². The minimum Gasteiger partial charge on any atom is -0.457 e. The third-order valence-electron chi connectivity index (χ3n) is 2.76. The fourth-order valence-corrected chi connectivity index (χ4v) is 2.56. The topological polar surface area (TPSA) is 93.9 Å². The molecular formula is C17H26N4O2S. The number of rotatable bonds is 6. The van der Waals surface area contributed by atoms with E-state index in [0.29, 0.717) is 5.17 Å². The van der Waals surface area contributed by atoms with E-state index in [2.05, 4.69) is 5.10 Å². The molecule has 7 heteroatoms. The first-order valence-electron chi connectivity index (χ1n) is 7.73. The van der Waals surface area contributed by atoms with Gasteiger partial charge in [0.2, 0.25) is 5.17 Å². The SMILES string of the molecule is CC(C)(C)OC(=O)/C=C/CCCS/C(=N/N)N(N)c1ccccc1. The summed E-state index contributed by atoms with van der Waals surface area (Å²) in [7, 11) is 0. The zero-order valence-electron chi connectivity index (χ0n) is 14.4. The highest BCUT2D eigenvalue weighted by Crippen LogP contribution is 2.16. The number of nitrogens with two attached hydrogens (primary N) is 2. The summed E-state index contributed by atoms with van der Waals surface area (Å²) in [5.74, 6) is 11.9. The monoisotopic (exact) mass is 350 g/mol. The molecule has 6 nitrogen and oxygen atoms in total. The van der Waals surface area contributed by atoms with E-state index in [9.17, 15) is 4.79 Å². The first-order valence-corrected chi connectivity index (χ1v) is 8.72. The van der Waals surface area contributed by atoms with Crippen LogP contribution in [0.5, 0.6) is 0 Å². The number of carbonyl (C=O) groups is 1. The van der Waals surface area contributed by atoms with Crippen LogP contribution in [-0.2, 0) is 9.53 Å². The molecule has 0 aliphatic carbocycles. The van der Waals surface area contributed by atoms with Crippen LogP contribution in [0.1, 0.15) is 33.6 Å². The van der Waals surface area contributed by atoms with Crippen molar-refractivity contribution >= 4 is 28.6 Å². The van der Waals surface area contributed by atoms with E-state index < -0.39 is 5.60 Å². The van der Waals surface area contributed by atoms with Crippen LogP contribution in [0.3, 0.4) is 0 Å². The van der Waals surface area contributed by atoms with Gasteiger partial charge in [-0.25, -0.2) is 10.6 Å². The maximum absolute atomic E-state index is 11.5. The summed E-state index contributed by atoms with van der Waals surface area (Å²) < 4.78 is 5.19. The molecule has 1 aromatic rings. The van der Waals surface area contributed by atoms with Crippen molar-refractivity contribution in [1.29, 1.82) is 0 Å². The first-order chi connectivity index (χ1) is 11.3. The van der Waals surface area contributed by atoms with Crippen LogP contribution >= 0.6 is 11.8 Å². The van der Waals surface area contributed by atoms with Gasteiger partial charge in [-0.15, -0.1) is 0 Å². The van der Waals surface area contributed by atoms with Crippen LogP contribution in [0, 0.1) is 0 Å². The van der Waals surface area contributed by atoms with E-state index in [1.54, 1.807) is 0 Å². The molecule has 0 aliphatic rings. The molecule has 0 bridgehead atoms. The number of benzene rings is 1. The molecule has 4 N–H and O–H groups in total. The Balaban J connectivity index is 2.32. The largest absolute Gasteiger partial charge is 0.457 e. The number of allylic oxidation sites excluding steroid dienone is 1. The Morgan fingerprint density at radius 1 is 1.33 bits per heavy atom. The molecule has 1 rings (SSSR count). The molecule has 0 unspecified atom stereocenters. The van der Waals surface area contributed by atoms with Gasteiger partial charge in [-0.3, -0.25) is 5.01 Å². The van der Waals surface area contributed by atoms with Crippen molar-refractivity contribution in [2.24, 2.45) is 16.8 Å². The molecule has 132 valence electrons. The fourth-order valence-electron chi connectivity index (χ4n) is 1.75. The third kappa shape index (κ3) is 8.03. The van der Waals surface area contributed by atoms with Crippen LogP contribution in [0.25, 0.3) is 0 Å². The molecule has 0 aliphatic heterocycles. The lowest BCUT2D eigenvalue weighted by Gasteiger charge is -2.19. The summed E-state index contributed by atoms with van der Waals surface area (Å²) in [5, 5.41) is 5.74. The second-order valence-corrected chi connectivity index (χ2v) is 7.11. The Hall–Kier alpha value is -1.99. The van der Waals surface area contributed by atoms with Gasteiger partial charge in [0.15, 0.2) is 0 Å². The number of carbonyl (C=O) groups excluding carboxylic acids is 1. The van der Waals surface area contributed by atoms with Gasteiger partial charge in [0.1, 0.15) is 5.60 Å². The maximum Gasteiger partial charge on any atom is 0.330 e. The molecule has 0 atom stereocenters. The van der Waals surface area contributed by atoms with E-state index >= 15 is 0 Å². The predicted molar refractivity (Wildman–Crippen MR) is 101 cm³/mol. The van der Waals surface area contributed by atoms with Gasteiger partial charge in [-0.2, -0.15) is 5.10 Å². The summed E-state index contributed by atoms with van der Waals surface area (Å²) in [4.78, 5) is 11.5. The minimum atomic E-state index is -0.466. The molecule has 0 heterocycles. The molecule has 0 saturated heterocycles. The van der Waals surface area contributed by atoms with Crippen molar-refractivity contribution in [3.8, 4) is 0 Å². The van der Waals surface area contributed by atoms with Gasteiger partial charge in [-0.1, -0.05) is 36.0 Å². The van der Waals surface area contributed by atoms with E-state index in [1.165, 1.54) is 22.8 Å². The molecule has 0 fully saturated rings. The fraction of sp³-hybridized carbons (Fsp3) is 0.412. The molecule has 0 aromatic heterocycles. The smallest absolute Gasteiger partial charge is 0.330 e. The predicted octanol–water partition coefficient (Wildman–Crippen LogP) is 3.01. The molecule has 0 spiro atoms. The van der Waals surface area contributed by atoms with Gasteiger partial charge >= 0.3 is 5.97 Å². The quantitative estimate of drug-likeness (QED) is 0.156. The van der Waals surface area contributed by atoms with Crippen molar-refractivity contribution in [3.63, 3.8) is 0 Å². The normalized spacial score (nSPS) is 12.4. The Labute approximate surface area is 147 Å². The Morgan fingerprint density at radius 2 is 2.00 bits per heavy atom. The highest BCUT2D eigenvalue weighted by atomic mass is 32.2. The van der Waals surface area contributed by atoms with E-state index in [4.69, 9.17) is 16.4 Å². The molecule has 0 amide bonds. The lowest BCUT2D eigenvalue weighted by molar-refractivity contribution is -0.148. The summed E-state index contributed by atoms with van der Waals surface area (Å²) in [6.45, 7) is 5.52. The van der Waals surface area contributed by atoms with Crippen molar-refractivity contribution < 1.29 is 9.53 Å². The highest BCUT2D eigenvalue weighted by molar-refractivity contribution is 8.14. The van der Waals surface area contributed by atoms with Crippen LogP contribution in [-0.4, -0.2) is 22.5 Å². The summed E-state index contributed by atoms with van der Waals surface area (Å²) >= 11 is 1.47. The number of amidine groups is 1. The highest BCUT2D eigenvalue weighted by Gasteiger charge is 2.13. The average molecular weight is 350 g/mol. The van der Waals surface area contributed by atoms with Gasteiger partial charge in [0.05, 0.1) is 5.69 Å². The Kier molecular flexibility index (Phi) is 8.35. The number of hydrogen-bond acceptors (Lipinski definition) is 6. The molecule has 0 radical (unpaired) electrons. The molecule has 1 aromatic carbocycles. The van der Waals surface area contributed by atoms with Crippen molar-refractivity contribution in [1.82, 2.24) is 0 Å². The molecule has 24 heavy (non-hydrogen) atoms. The number of nitrogens with zero attached hydrogens (tertiary/aromatic N) is 2. The number of esters is 1. The van der Waals surface area contributed by atoms with Crippen LogP contribution in [0.4, 0.5) is 5.69 Å². The third-order valence-corrected chi connectivity index (χ3v) is 3.81. The van der Waals surface area contributed by atoms with Gasteiger partial charge in [0, 0.05) is 11.8 Å². The van der Waals surface area contributed by atoms with E-state index in [-0.39, 0.29) is 5.97 Å². The Morgan fingerprint density at radius 3 is 2.58 bits per heavy atom. The number of hydrogen-bond donors (Lipinski definition) is 2. The zero-order chi connectivity index (χ0) is 18.0. The molecule has 0 saturated carbocycles. The average Bonchev–Trinajstić information content (AvgIpc) is 2.53. The van der Waals surface area contributed by atoms with Gasteiger partial charge < -0.3 is 10.6 Å². The number of unbranched alkanes of at least 4 members (excludes halogenated alkanes) is 1. The number of anilines is 1. The van der Waals surface area contributed by atoms with Crippen LogP contribution in [0.2, 0.25) is 0 Å². The summed E-state index contributed by atoms with van der Waals surface area (Å²) in [6.07, 6.45) is 4.91. The van der Waals surface area contributed by atoms with Crippen molar-refractivity contribution in [2.75, 3.05) is 10.8 Å². The zero-order valence-corrected chi connectivity index (χ0v) is 15.3. The standard InChI is InChI=1S/C17H26N4O2S/c1-17(2,3)23-15(22)12-8-5-9-13-24-16(20-18)21(19)14-10-6-4-7-11-14/h4,6-8,10-12H,5,9,13,18-19H2,1-3H3/b12-8+,20-16+. The lowest BCUT2D eigenvalue weighted by Crippen LogP contribution is -2.36. The lowest BCUT2D eigenvalue weighted by atomic mass is 10.2. The number of hydrazine groups is 1. The van der Waals surface area contributed by atoms with Gasteiger partial charge in [-0.05, 0) is 45.7 Å². The number of ether oxygens (including phenoxy) is 1. The Bertz CT molecular complexity index is 568. The number of thioether (sulfide) groups is 1. The first kappa shape index (κ1) is 20.1. The summed E-state index contributed by atoms with van der Waals surface area (Å²) in [6, 6.07) is 9.48. The second-order valence-electron chi connectivity index (χ2n) is 6.04. The second kappa shape index (κ2) is 10.00. The molecular weight excluding hydrogens is 324 g/mol. The van der Waals surface area contributed by atoms with E-state index in [0.717, 1.165) is 24.3 Å².